The van der Waals surface area contributed by atoms with Crippen LogP contribution in [0.5, 0.6) is 0 Å². The molecule has 0 aliphatic rings. The van der Waals surface area contributed by atoms with Crippen molar-refractivity contribution in [3.63, 3.8) is 0 Å². The molecule has 0 fully saturated rings. The molecule has 1 N–H and O–H groups in total. The third-order valence-corrected chi connectivity index (χ3v) is 4.57. The lowest BCUT2D eigenvalue weighted by Crippen LogP contribution is -2.17. The molecule has 0 aliphatic carbocycles. The van der Waals surface area contributed by atoms with E-state index in [-0.39, 0.29) is 6.04 Å². The van der Waals surface area contributed by atoms with Crippen molar-refractivity contribution in [3.8, 4) is 0 Å². The Morgan fingerprint density at radius 2 is 1.95 bits per heavy atom. The number of hydrogen-bond donors (Lipinski definition) is 1. The van der Waals surface area contributed by atoms with Gasteiger partial charge in [0.15, 0.2) is 0 Å². The molecule has 0 saturated carbocycles. The van der Waals surface area contributed by atoms with Crippen molar-refractivity contribution in [2.75, 3.05) is 13.3 Å². The summed E-state index contributed by atoms with van der Waals surface area (Å²) in [5, 5.41) is 5.09. The maximum Gasteiger partial charge on any atom is 0.134 e. The van der Waals surface area contributed by atoms with E-state index in [9.17, 15) is 0 Å². The maximum absolute atomic E-state index is 6.05. The van der Waals surface area contributed by atoms with Gasteiger partial charge in [-0.25, -0.2) is 0 Å². The molecule has 0 spiro atoms. The first-order valence-corrected chi connectivity index (χ1v) is 8.32. The summed E-state index contributed by atoms with van der Waals surface area (Å²) in [6.07, 6.45) is 2.09. The van der Waals surface area contributed by atoms with Gasteiger partial charge in [0.2, 0.25) is 0 Å². The van der Waals surface area contributed by atoms with E-state index in [1.807, 2.05) is 25.2 Å². The zero-order valence-corrected chi connectivity index (χ0v) is 13.5. The molecular weight excluding hydrogens is 302 g/mol. The van der Waals surface area contributed by atoms with Crippen LogP contribution in [0.2, 0.25) is 5.02 Å². The monoisotopic (exact) mass is 317 g/mol. The summed E-state index contributed by atoms with van der Waals surface area (Å²) in [6.45, 7) is 0. The van der Waals surface area contributed by atoms with Gasteiger partial charge < -0.3 is 9.73 Å². The number of thioether (sulfide) groups is 1. The van der Waals surface area contributed by atoms with Crippen LogP contribution in [0.4, 0.5) is 0 Å². The number of rotatable bonds is 4. The SMILES string of the molecule is CNC(c1cc2cc(Cl)ccc2o1)c1ccccc1SC. The molecule has 1 unspecified atom stereocenters. The highest BCUT2D eigenvalue weighted by Gasteiger charge is 2.19. The third-order valence-electron chi connectivity index (χ3n) is 3.52. The van der Waals surface area contributed by atoms with Crippen LogP contribution in [-0.4, -0.2) is 13.3 Å². The van der Waals surface area contributed by atoms with Crippen LogP contribution in [0.25, 0.3) is 11.0 Å². The van der Waals surface area contributed by atoms with Crippen LogP contribution >= 0.6 is 23.4 Å². The van der Waals surface area contributed by atoms with Gasteiger partial charge in [0.1, 0.15) is 11.3 Å². The molecule has 0 bridgehead atoms. The Balaban J connectivity index is 2.09. The first-order valence-electron chi connectivity index (χ1n) is 6.72. The Morgan fingerprint density at radius 3 is 2.71 bits per heavy atom. The van der Waals surface area contributed by atoms with Gasteiger partial charge in [0.25, 0.3) is 0 Å². The minimum Gasteiger partial charge on any atom is -0.459 e. The van der Waals surface area contributed by atoms with Crippen LogP contribution < -0.4 is 5.32 Å². The number of fused-ring (bicyclic) bond motifs is 1. The molecule has 4 heteroatoms. The van der Waals surface area contributed by atoms with Crippen molar-refractivity contribution in [1.29, 1.82) is 0 Å². The Morgan fingerprint density at radius 1 is 1.14 bits per heavy atom. The Bertz CT molecular complexity index is 768. The summed E-state index contributed by atoms with van der Waals surface area (Å²) >= 11 is 7.79. The Labute approximate surface area is 133 Å². The molecular formula is C17H16ClNOS. The number of furan rings is 1. The number of hydrogen-bond acceptors (Lipinski definition) is 3. The zero-order chi connectivity index (χ0) is 14.8. The van der Waals surface area contributed by atoms with Gasteiger partial charge in [-0.15, -0.1) is 11.8 Å². The van der Waals surface area contributed by atoms with Crippen LogP contribution in [-0.2, 0) is 0 Å². The molecule has 3 rings (SSSR count). The molecule has 1 heterocycles. The summed E-state index contributed by atoms with van der Waals surface area (Å²) in [6, 6.07) is 16.1. The van der Waals surface area contributed by atoms with Gasteiger partial charge in [0.05, 0.1) is 6.04 Å². The fourth-order valence-corrected chi connectivity index (χ4v) is 3.35. The van der Waals surface area contributed by atoms with E-state index in [4.69, 9.17) is 16.0 Å². The Hall–Kier alpha value is -1.42. The lowest BCUT2D eigenvalue weighted by molar-refractivity contribution is 0.488. The molecule has 0 saturated heterocycles. The third kappa shape index (κ3) is 2.82. The van der Waals surface area contributed by atoms with Crippen molar-refractivity contribution in [2.24, 2.45) is 0 Å². The quantitative estimate of drug-likeness (QED) is 0.676. The molecule has 1 atom stereocenters. The van der Waals surface area contributed by atoms with Crippen LogP contribution in [0.3, 0.4) is 0 Å². The molecule has 2 nitrogen and oxygen atoms in total. The van der Waals surface area contributed by atoms with Crippen molar-refractivity contribution < 1.29 is 4.42 Å². The predicted molar refractivity (Wildman–Crippen MR) is 90.3 cm³/mol. The van der Waals surface area contributed by atoms with E-state index in [0.717, 1.165) is 21.8 Å². The fraction of sp³-hybridized carbons (Fsp3) is 0.176. The van der Waals surface area contributed by atoms with Crippen molar-refractivity contribution in [3.05, 3.63) is 64.9 Å². The summed E-state index contributed by atoms with van der Waals surface area (Å²) in [4.78, 5) is 1.25. The summed E-state index contributed by atoms with van der Waals surface area (Å²) < 4.78 is 6.00. The molecule has 0 radical (unpaired) electrons. The summed E-state index contributed by atoms with van der Waals surface area (Å²) in [5.74, 6) is 0.899. The van der Waals surface area contributed by atoms with E-state index in [0.29, 0.717) is 0 Å². The molecule has 0 amide bonds. The van der Waals surface area contributed by atoms with Crippen LogP contribution in [0.1, 0.15) is 17.4 Å². The molecule has 21 heavy (non-hydrogen) atoms. The number of nitrogens with one attached hydrogen (secondary N) is 1. The average Bonchev–Trinajstić information content (AvgIpc) is 2.91. The maximum atomic E-state index is 6.05. The van der Waals surface area contributed by atoms with E-state index < -0.39 is 0 Å². The van der Waals surface area contributed by atoms with Crippen LogP contribution in [0.15, 0.2) is 57.8 Å². The summed E-state index contributed by atoms with van der Waals surface area (Å²) in [5.41, 5.74) is 2.08. The van der Waals surface area contributed by atoms with E-state index >= 15 is 0 Å². The van der Waals surface area contributed by atoms with E-state index in [2.05, 4.69) is 41.9 Å². The summed E-state index contributed by atoms with van der Waals surface area (Å²) in [7, 11) is 1.95. The topological polar surface area (TPSA) is 25.2 Å². The Kier molecular flexibility index (Phi) is 4.24. The van der Waals surface area contributed by atoms with Crippen molar-refractivity contribution in [1.82, 2.24) is 5.32 Å². The van der Waals surface area contributed by atoms with Gasteiger partial charge in [-0.3, -0.25) is 0 Å². The lowest BCUT2D eigenvalue weighted by atomic mass is 10.0. The highest BCUT2D eigenvalue weighted by Crippen LogP contribution is 2.33. The second-order valence-corrected chi connectivity index (χ2v) is 6.08. The second kappa shape index (κ2) is 6.14. The second-order valence-electron chi connectivity index (χ2n) is 4.79. The fourth-order valence-electron chi connectivity index (χ4n) is 2.53. The van der Waals surface area contributed by atoms with Gasteiger partial charge in [-0.05, 0) is 49.2 Å². The zero-order valence-electron chi connectivity index (χ0n) is 11.9. The predicted octanol–water partition coefficient (Wildman–Crippen LogP) is 5.12. The first-order chi connectivity index (χ1) is 10.2. The number of halogens is 1. The highest BCUT2D eigenvalue weighted by molar-refractivity contribution is 7.98. The average molecular weight is 318 g/mol. The van der Waals surface area contributed by atoms with E-state index in [1.165, 1.54) is 10.5 Å². The van der Waals surface area contributed by atoms with Crippen molar-refractivity contribution >= 4 is 34.3 Å². The molecule has 0 aliphatic heterocycles. The van der Waals surface area contributed by atoms with Gasteiger partial charge in [0, 0.05) is 15.3 Å². The first kappa shape index (κ1) is 14.5. The van der Waals surface area contributed by atoms with E-state index in [1.54, 1.807) is 11.8 Å². The van der Waals surface area contributed by atoms with Crippen molar-refractivity contribution in [2.45, 2.75) is 10.9 Å². The van der Waals surface area contributed by atoms with Gasteiger partial charge in [-0.2, -0.15) is 0 Å². The normalized spacial score (nSPS) is 12.7. The molecule has 108 valence electrons. The molecule has 3 aromatic rings. The molecule has 1 aromatic heterocycles. The lowest BCUT2D eigenvalue weighted by Gasteiger charge is -2.17. The minimum atomic E-state index is 0.0276. The number of benzene rings is 2. The smallest absolute Gasteiger partial charge is 0.134 e. The highest BCUT2D eigenvalue weighted by atomic mass is 35.5. The van der Waals surface area contributed by atoms with Crippen LogP contribution in [0, 0.1) is 0 Å². The molecule has 2 aromatic carbocycles. The van der Waals surface area contributed by atoms with Gasteiger partial charge >= 0.3 is 0 Å². The van der Waals surface area contributed by atoms with Gasteiger partial charge in [-0.1, -0.05) is 29.8 Å². The largest absolute Gasteiger partial charge is 0.459 e. The standard InChI is InChI=1S/C17H16ClNOS/c1-19-17(13-5-3-4-6-16(13)21-2)15-10-11-9-12(18)7-8-14(11)20-15/h3-10,17,19H,1-2H3. The minimum absolute atomic E-state index is 0.0276.